The SMILES string of the molecule is Cc1cccc(Oc2nc(C)cc(C)c2CN)c1. The van der Waals surface area contributed by atoms with Crippen molar-refractivity contribution in [3.63, 3.8) is 0 Å². The van der Waals surface area contributed by atoms with Crippen molar-refractivity contribution in [2.75, 3.05) is 0 Å². The number of hydrogen-bond acceptors (Lipinski definition) is 3. The Morgan fingerprint density at radius 3 is 2.61 bits per heavy atom. The maximum Gasteiger partial charge on any atom is 0.224 e. The summed E-state index contributed by atoms with van der Waals surface area (Å²) in [4.78, 5) is 4.43. The number of ether oxygens (including phenoxy) is 1. The topological polar surface area (TPSA) is 48.1 Å². The highest BCUT2D eigenvalue weighted by Gasteiger charge is 2.09. The van der Waals surface area contributed by atoms with E-state index < -0.39 is 0 Å². The van der Waals surface area contributed by atoms with Crippen molar-refractivity contribution in [1.29, 1.82) is 0 Å². The first kappa shape index (κ1) is 12.6. The Labute approximate surface area is 108 Å². The third-order valence-electron chi connectivity index (χ3n) is 2.85. The molecule has 0 unspecified atom stereocenters. The zero-order valence-electron chi connectivity index (χ0n) is 11.0. The van der Waals surface area contributed by atoms with Gasteiger partial charge < -0.3 is 10.5 Å². The van der Waals surface area contributed by atoms with Crippen molar-refractivity contribution in [1.82, 2.24) is 4.98 Å². The van der Waals surface area contributed by atoms with E-state index in [1.54, 1.807) is 0 Å². The molecule has 2 rings (SSSR count). The highest BCUT2D eigenvalue weighted by Crippen LogP contribution is 2.26. The Bertz CT molecular complexity index is 564. The predicted molar refractivity (Wildman–Crippen MR) is 72.9 cm³/mol. The summed E-state index contributed by atoms with van der Waals surface area (Å²) in [6, 6.07) is 9.93. The number of aromatic nitrogens is 1. The standard InChI is InChI=1S/C15H18N2O/c1-10-5-4-6-13(7-10)18-15-14(9-16)11(2)8-12(3)17-15/h4-8H,9,16H2,1-3H3. The van der Waals surface area contributed by atoms with Crippen molar-refractivity contribution in [3.8, 4) is 11.6 Å². The van der Waals surface area contributed by atoms with Gasteiger partial charge in [-0.05, 0) is 50.1 Å². The number of nitrogens with two attached hydrogens (primary N) is 1. The first-order valence-electron chi connectivity index (χ1n) is 6.02. The van der Waals surface area contributed by atoms with Gasteiger partial charge in [0.25, 0.3) is 0 Å². The first-order valence-corrected chi connectivity index (χ1v) is 6.02. The van der Waals surface area contributed by atoms with Crippen molar-refractivity contribution in [2.45, 2.75) is 27.3 Å². The maximum atomic E-state index is 5.85. The van der Waals surface area contributed by atoms with Gasteiger partial charge in [0, 0.05) is 17.8 Å². The van der Waals surface area contributed by atoms with Crippen molar-refractivity contribution in [2.24, 2.45) is 5.73 Å². The van der Waals surface area contributed by atoms with Gasteiger partial charge >= 0.3 is 0 Å². The Morgan fingerprint density at radius 1 is 1.17 bits per heavy atom. The van der Waals surface area contributed by atoms with Crippen LogP contribution in [0.4, 0.5) is 0 Å². The molecule has 0 aliphatic heterocycles. The van der Waals surface area contributed by atoms with Gasteiger partial charge in [0.1, 0.15) is 5.75 Å². The van der Waals surface area contributed by atoms with Gasteiger partial charge in [-0.1, -0.05) is 12.1 Å². The average molecular weight is 242 g/mol. The lowest BCUT2D eigenvalue weighted by Gasteiger charge is -2.12. The van der Waals surface area contributed by atoms with Crippen LogP contribution in [-0.4, -0.2) is 4.98 Å². The molecule has 0 amide bonds. The van der Waals surface area contributed by atoms with E-state index in [9.17, 15) is 0 Å². The molecular weight excluding hydrogens is 224 g/mol. The molecule has 1 heterocycles. The third-order valence-corrected chi connectivity index (χ3v) is 2.85. The van der Waals surface area contributed by atoms with Crippen LogP contribution in [0, 0.1) is 20.8 Å². The normalized spacial score (nSPS) is 10.4. The van der Waals surface area contributed by atoms with Crippen molar-refractivity contribution in [3.05, 3.63) is 52.7 Å². The molecule has 94 valence electrons. The monoisotopic (exact) mass is 242 g/mol. The lowest BCUT2D eigenvalue weighted by atomic mass is 10.1. The van der Waals surface area contributed by atoms with Crippen LogP contribution in [0.25, 0.3) is 0 Å². The Balaban J connectivity index is 2.39. The molecule has 0 aliphatic rings. The zero-order chi connectivity index (χ0) is 13.1. The molecule has 2 N–H and O–H groups in total. The molecule has 18 heavy (non-hydrogen) atoms. The van der Waals surface area contributed by atoms with Crippen LogP contribution < -0.4 is 10.5 Å². The van der Waals surface area contributed by atoms with Crippen molar-refractivity contribution < 1.29 is 4.74 Å². The summed E-state index contributed by atoms with van der Waals surface area (Å²) >= 11 is 0. The van der Waals surface area contributed by atoms with Crippen LogP contribution in [0.15, 0.2) is 30.3 Å². The van der Waals surface area contributed by atoms with Crippen LogP contribution in [0.2, 0.25) is 0 Å². The van der Waals surface area contributed by atoms with Gasteiger partial charge in [0.2, 0.25) is 5.88 Å². The van der Waals surface area contributed by atoms with Crippen LogP contribution in [-0.2, 0) is 6.54 Å². The minimum absolute atomic E-state index is 0.431. The van der Waals surface area contributed by atoms with Crippen LogP contribution in [0.5, 0.6) is 11.6 Å². The molecular formula is C15H18N2O. The number of benzene rings is 1. The van der Waals surface area contributed by atoms with E-state index in [0.29, 0.717) is 12.4 Å². The second-order valence-corrected chi connectivity index (χ2v) is 4.49. The molecule has 0 saturated heterocycles. The molecule has 0 atom stereocenters. The van der Waals surface area contributed by atoms with E-state index in [4.69, 9.17) is 10.5 Å². The van der Waals surface area contributed by atoms with Gasteiger partial charge in [-0.3, -0.25) is 0 Å². The summed E-state index contributed by atoms with van der Waals surface area (Å²) in [5.74, 6) is 1.41. The number of pyridine rings is 1. The minimum Gasteiger partial charge on any atom is -0.439 e. The second-order valence-electron chi connectivity index (χ2n) is 4.49. The summed E-state index contributed by atoms with van der Waals surface area (Å²) in [5, 5.41) is 0. The summed E-state index contributed by atoms with van der Waals surface area (Å²) in [7, 11) is 0. The molecule has 3 heteroatoms. The largest absolute Gasteiger partial charge is 0.439 e. The molecule has 1 aromatic carbocycles. The van der Waals surface area contributed by atoms with E-state index in [0.717, 1.165) is 28.1 Å². The van der Waals surface area contributed by atoms with E-state index in [-0.39, 0.29) is 0 Å². The Hall–Kier alpha value is -1.87. The summed E-state index contributed by atoms with van der Waals surface area (Å²) < 4.78 is 5.85. The number of aryl methyl sites for hydroxylation is 3. The number of hydrogen-bond donors (Lipinski definition) is 1. The smallest absolute Gasteiger partial charge is 0.224 e. The maximum absolute atomic E-state index is 5.85. The molecule has 0 bridgehead atoms. The second kappa shape index (κ2) is 5.19. The molecule has 0 radical (unpaired) electrons. The fourth-order valence-corrected chi connectivity index (χ4v) is 1.95. The van der Waals surface area contributed by atoms with E-state index in [1.165, 1.54) is 0 Å². The van der Waals surface area contributed by atoms with Gasteiger partial charge in [-0.2, -0.15) is 0 Å². The first-order chi connectivity index (χ1) is 8.60. The van der Waals surface area contributed by atoms with E-state index >= 15 is 0 Å². The minimum atomic E-state index is 0.431. The quantitative estimate of drug-likeness (QED) is 0.898. The van der Waals surface area contributed by atoms with E-state index in [1.807, 2.05) is 51.1 Å². The molecule has 0 aliphatic carbocycles. The lowest BCUT2D eigenvalue weighted by Crippen LogP contribution is -2.05. The Morgan fingerprint density at radius 2 is 1.94 bits per heavy atom. The number of nitrogens with zero attached hydrogens (tertiary/aromatic N) is 1. The van der Waals surface area contributed by atoms with Gasteiger partial charge in [0.05, 0.1) is 0 Å². The van der Waals surface area contributed by atoms with Crippen molar-refractivity contribution >= 4 is 0 Å². The van der Waals surface area contributed by atoms with Crippen LogP contribution in [0.3, 0.4) is 0 Å². The average Bonchev–Trinajstić information content (AvgIpc) is 2.28. The van der Waals surface area contributed by atoms with Crippen LogP contribution in [0.1, 0.15) is 22.4 Å². The summed E-state index contributed by atoms with van der Waals surface area (Å²) in [6.07, 6.45) is 0. The van der Waals surface area contributed by atoms with Gasteiger partial charge in [-0.25, -0.2) is 4.98 Å². The highest BCUT2D eigenvalue weighted by atomic mass is 16.5. The molecule has 0 fully saturated rings. The van der Waals surface area contributed by atoms with Crippen LogP contribution >= 0.6 is 0 Å². The molecule has 1 aromatic heterocycles. The predicted octanol–water partition coefficient (Wildman–Crippen LogP) is 3.26. The lowest BCUT2D eigenvalue weighted by molar-refractivity contribution is 0.454. The molecule has 0 saturated carbocycles. The van der Waals surface area contributed by atoms with Gasteiger partial charge in [-0.15, -0.1) is 0 Å². The van der Waals surface area contributed by atoms with Gasteiger partial charge in [0.15, 0.2) is 0 Å². The molecule has 3 nitrogen and oxygen atoms in total. The third kappa shape index (κ3) is 2.68. The molecule has 0 spiro atoms. The fourth-order valence-electron chi connectivity index (χ4n) is 1.95. The fraction of sp³-hybridized carbons (Fsp3) is 0.267. The summed E-state index contributed by atoms with van der Waals surface area (Å²) in [6.45, 7) is 6.45. The Kier molecular flexibility index (Phi) is 3.63. The van der Waals surface area contributed by atoms with E-state index in [2.05, 4.69) is 4.98 Å². The molecule has 2 aromatic rings. The summed E-state index contributed by atoms with van der Waals surface area (Å²) in [5.41, 5.74) is 9.94. The zero-order valence-corrected chi connectivity index (χ0v) is 11.0. The number of rotatable bonds is 3. The highest BCUT2D eigenvalue weighted by molar-refractivity contribution is 5.39.